The molecule has 0 aromatic heterocycles. The Kier molecular flexibility index (Phi) is 4.96. The molecule has 16 heavy (non-hydrogen) atoms. The van der Waals surface area contributed by atoms with Gasteiger partial charge in [-0.25, -0.2) is 13.1 Å². The molecule has 1 N–H and O–H groups in total. The number of rotatable bonds is 6. The molecular formula is C11H14N2O2S. The summed E-state index contributed by atoms with van der Waals surface area (Å²) < 4.78 is 24.8. The van der Waals surface area contributed by atoms with Gasteiger partial charge in [-0.05, 0) is 18.4 Å². The van der Waals surface area contributed by atoms with E-state index in [2.05, 4.69) is 4.72 Å². The van der Waals surface area contributed by atoms with Gasteiger partial charge in [0.1, 0.15) is 0 Å². The normalized spacial score (nSPS) is 10.9. The lowest BCUT2D eigenvalue weighted by molar-refractivity contribution is 0.583. The Bertz CT molecular complexity index is 449. The number of nitrogens with one attached hydrogen (secondary N) is 1. The van der Waals surface area contributed by atoms with Crippen LogP contribution in [0.2, 0.25) is 0 Å². The quantitative estimate of drug-likeness (QED) is 0.753. The number of sulfonamides is 1. The van der Waals surface area contributed by atoms with Crippen molar-refractivity contribution in [3.63, 3.8) is 0 Å². The van der Waals surface area contributed by atoms with Gasteiger partial charge in [0, 0.05) is 0 Å². The van der Waals surface area contributed by atoms with Crippen LogP contribution in [-0.4, -0.2) is 20.7 Å². The molecule has 1 aromatic rings. The molecule has 0 aliphatic heterocycles. The molecule has 0 bridgehead atoms. The first kappa shape index (κ1) is 12.7. The van der Waals surface area contributed by atoms with Crippen LogP contribution in [0.4, 0.5) is 0 Å². The van der Waals surface area contributed by atoms with E-state index in [4.69, 9.17) is 5.26 Å². The van der Waals surface area contributed by atoms with E-state index in [1.807, 2.05) is 30.3 Å². The zero-order chi connectivity index (χ0) is 11.9. The summed E-state index contributed by atoms with van der Waals surface area (Å²) in [5.74, 6) is 0.0591. The molecule has 5 heteroatoms. The maximum absolute atomic E-state index is 11.3. The summed E-state index contributed by atoms with van der Waals surface area (Å²) in [6, 6.07) is 11.5. The first-order valence-corrected chi connectivity index (χ1v) is 6.67. The minimum absolute atomic E-state index is 0.0591. The predicted octanol–water partition coefficient (Wildman–Crippen LogP) is 1.06. The molecule has 1 aromatic carbocycles. The van der Waals surface area contributed by atoms with E-state index in [0.717, 1.165) is 12.0 Å². The van der Waals surface area contributed by atoms with Gasteiger partial charge in [-0.1, -0.05) is 30.3 Å². The van der Waals surface area contributed by atoms with Gasteiger partial charge < -0.3 is 0 Å². The Balaban J connectivity index is 2.34. The Morgan fingerprint density at radius 1 is 1.25 bits per heavy atom. The van der Waals surface area contributed by atoms with E-state index in [9.17, 15) is 8.42 Å². The van der Waals surface area contributed by atoms with Crippen LogP contribution in [0.3, 0.4) is 0 Å². The molecule has 0 radical (unpaired) electrons. The van der Waals surface area contributed by atoms with Gasteiger partial charge in [-0.15, -0.1) is 0 Å². The fourth-order valence-electron chi connectivity index (χ4n) is 1.33. The van der Waals surface area contributed by atoms with Crippen LogP contribution in [-0.2, 0) is 16.4 Å². The van der Waals surface area contributed by atoms with Crippen LogP contribution in [0.5, 0.6) is 0 Å². The maximum atomic E-state index is 11.3. The maximum Gasteiger partial charge on any atom is 0.212 e. The highest BCUT2D eigenvalue weighted by Gasteiger charge is 2.08. The van der Waals surface area contributed by atoms with E-state index in [1.165, 1.54) is 0 Å². The predicted molar refractivity (Wildman–Crippen MR) is 62.2 cm³/mol. The number of benzene rings is 1. The van der Waals surface area contributed by atoms with E-state index in [1.54, 1.807) is 6.07 Å². The minimum Gasteiger partial charge on any atom is -0.212 e. The summed E-state index contributed by atoms with van der Waals surface area (Å²) in [4.78, 5) is 0. The lowest BCUT2D eigenvalue weighted by Crippen LogP contribution is -2.26. The van der Waals surface area contributed by atoms with Crippen molar-refractivity contribution in [3.05, 3.63) is 35.9 Å². The van der Waals surface area contributed by atoms with Gasteiger partial charge in [-0.2, -0.15) is 5.26 Å². The summed E-state index contributed by atoms with van der Waals surface area (Å²) in [6.07, 6.45) is 1.29. The average molecular weight is 238 g/mol. The molecule has 0 spiro atoms. The van der Waals surface area contributed by atoms with Crippen LogP contribution in [0.1, 0.15) is 12.0 Å². The van der Waals surface area contributed by atoms with Gasteiger partial charge in [0.25, 0.3) is 0 Å². The second-order valence-electron chi connectivity index (χ2n) is 3.39. The largest absolute Gasteiger partial charge is 0.212 e. The lowest BCUT2D eigenvalue weighted by Gasteiger charge is -2.03. The molecule has 4 nitrogen and oxygen atoms in total. The van der Waals surface area contributed by atoms with Gasteiger partial charge in [-0.3, -0.25) is 0 Å². The van der Waals surface area contributed by atoms with Gasteiger partial charge in [0.05, 0.1) is 18.4 Å². The number of hydrogen-bond donors (Lipinski definition) is 1. The lowest BCUT2D eigenvalue weighted by atomic mass is 10.1. The van der Waals surface area contributed by atoms with Crippen molar-refractivity contribution in [1.29, 1.82) is 5.26 Å². The third kappa shape index (κ3) is 4.91. The summed E-state index contributed by atoms with van der Waals surface area (Å²) in [5, 5.41) is 8.26. The monoisotopic (exact) mass is 238 g/mol. The van der Waals surface area contributed by atoms with Crippen molar-refractivity contribution < 1.29 is 8.42 Å². The van der Waals surface area contributed by atoms with E-state index in [0.29, 0.717) is 6.42 Å². The highest BCUT2D eigenvalue weighted by atomic mass is 32.2. The first-order valence-electron chi connectivity index (χ1n) is 5.02. The van der Waals surface area contributed by atoms with Gasteiger partial charge in [0.15, 0.2) is 0 Å². The number of nitriles is 1. The zero-order valence-corrected chi connectivity index (χ0v) is 9.70. The van der Waals surface area contributed by atoms with Crippen LogP contribution in [0.15, 0.2) is 30.3 Å². The van der Waals surface area contributed by atoms with Gasteiger partial charge >= 0.3 is 0 Å². The molecule has 0 heterocycles. The van der Waals surface area contributed by atoms with E-state index < -0.39 is 10.0 Å². The van der Waals surface area contributed by atoms with E-state index >= 15 is 0 Å². The fraction of sp³-hybridized carbons (Fsp3) is 0.364. The Hall–Kier alpha value is -1.38. The molecule has 1 rings (SSSR count). The molecule has 0 saturated carbocycles. The SMILES string of the molecule is N#CCNS(=O)(=O)CCCc1ccccc1. The first-order chi connectivity index (χ1) is 7.64. The molecule has 0 fully saturated rings. The molecular weight excluding hydrogens is 224 g/mol. The Labute approximate surface area is 96.0 Å². The number of nitrogens with zero attached hydrogens (tertiary/aromatic N) is 1. The standard InChI is InChI=1S/C11H14N2O2S/c12-8-9-13-16(14,15)10-4-7-11-5-2-1-3-6-11/h1-3,5-6,13H,4,7,9-10H2. The van der Waals surface area contributed by atoms with Crippen molar-refractivity contribution in [3.8, 4) is 6.07 Å². The summed E-state index contributed by atoms with van der Waals surface area (Å²) in [6.45, 7) is -0.159. The highest BCUT2D eigenvalue weighted by Crippen LogP contribution is 2.03. The molecule has 0 amide bonds. The fourth-order valence-corrected chi connectivity index (χ4v) is 2.28. The topological polar surface area (TPSA) is 70.0 Å². The van der Waals surface area contributed by atoms with Crippen LogP contribution >= 0.6 is 0 Å². The molecule has 0 aliphatic rings. The van der Waals surface area contributed by atoms with Gasteiger partial charge in [0.2, 0.25) is 10.0 Å². The van der Waals surface area contributed by atoms with Crippen LogP contribution < -0.4 is 4.72 Å². The molecule has 0 saturated heterocycles. The molecule has 86 valence electrons. The van der Waals surface area contributed by atoms with Crippen LogP contribution in [0.25, 0.3) is 0 Å². The molecule has 0 atom stereocenters. The summed E-state index contributed by atoms with van der Waals surface area (Å²) in [7, 11) is -3.29. The molecule has 0 unspecified atom stereocenters. The van der Waals surface area contributed by atoms with Crippen molar-refractivity contribution in [1.82, 2.24) is 4.72 Å². The summed E-state index contributed by atoms with van der Waals surface area (Å²) in [5.41, 5.74) is 1.12. The molecule has 0 aliphatic carbocycles. The average Bonchev–Trinajstić information content (AvgIpc) is 2.28. The Morgan fingerprint density at radius 3 is 2.56 bits per heavy atom. The van der Waals surface area contributed by atoms with Crippen molar-refractivity contribution in [2.75, 3.05) is 12.3 Å². The van der Waals surface area contributed by atoms with Crippen molar-refractivity contribution >= 4 is 10.0 Å². The van der Waals surface area contributed by atoms with E-state index in [-0.39, 0.29) is 12.3 Å². The number of aryl methyl sites for hydroxylation is 1. The minimum atomic E-state index is -3.29. The third-order valence-corrected chi connectivity index (χ3v) is 3.50. The van der Waals surface area contributed by atoms with Crippen molar-refractivity contribution in [2.24, 2.45) is 0 Å². The summed E-state index contributed by atoms with van der Waals surface area (Å²) >= 11 is 0. The smallest absolute Gasteiger partial charge is 0.212 e. The zero-order valence-electron chi connectivity index (χ0n) is 8.89. The second kappa shape index (κ2) is 6.26. The van der Waals surface area contributed by atoms with Crippen LogP contribution in [0, 0.1) is 11.3 Å². The number of hydrogen-bond acceptors (Lipinski definition) is 3. The third-order valence-electron chi connectivity index (χ3n) is 2.09. The highest BCUT2D eigenvalue weighted by molar-refractivity contribution is 7.89. The second-order valence-corrected chi connectivity index (χ2v) is 5.31. The Morgan fingerprint density at radius 2 is 1.94 bits per heavy atom. The van der Waals surface area contributed by atoms with Crippen molar-refractivity contribution in [2.45, 2.75) is 12.8 Å².